The van der Waals surface area contributed by atoms with Gasteiger partial charge in [0.1, 0.15) is 0 Å². The molecule has 3 unspecified atom stereocenters. The Balaban J connectivity index is 1.70. The van der Waals surface area contributed by atoms with E-state index < -0.39 is 0 Å². The zero-order valence-corrected chi connectivity index (χ0v) is 9.19. The molecule has 2 aliphatic carbocycles. The van der Waals surface area contributed by atoms with Gasteiger partial charge in [0.05, 0.1) is 0 Å². The summed E-state index contributed by atoms with van der Waals surface area (Å²) in [7, 11) is 1.85. The van der Waals surface area contributed by atoms with Crippen LogP contribution in [0.1, 0.15) is 31.5 Å². The Labute approximate surface area is 89.9 Å². The highest BCUT2D eigenvalue weighted by Crippen LogP contribution is 2.49. The predicted octanol–water partition coefficient (Wildman–Crippen LogP) is 1.38. The summed E-state index contributed by atoms with van der Waals surface area (Å²) in [6, 6.07) is 0. The van der Waals surface area contributed by atoms with Crippen LogP contribution >= 0.6 is 0 Å². The molecule has 2 aliphatic rings. The maximum absolute atomic E-state index is 5.68. The lowest BCUT2D eigenvalue weighted by Crippen LogP contribution is -2.14. The molecule has 2 N–H and O–H groups in total. The molecule has 0 aliphatic heterocycles. The summed E-state index contributed by atoms with van der Waals surface area (Å²) in [5.74, 6) is 4.24. The molecule has 1 aromatic rings. The van der Waals surface area contributed by atoms with E-state index in [1.165, 1.54) is 25.7 Å². The topological polar surface area (TPSA) is 56.7 Å². The number of rotatable bonds is 2. The Kier molecular flexibility index (Phi) is 1.97. The summed E-state index contributed by atoms with van der Waals surface area (Å²) in [5.41, 5.74) is 5.68. The van der Waals surface area contributed by atoms with Crippen LogP contribution < -0.4 is 5.73 Å². The fourth-order valence-corrected chi connectivity index (χ4v) is 3.40. The molecular formula is C11H18N4. The van der Waals surface area contributed by atoms with Crippen LogP contribution in [0.4, 0.5) is 5.95 Å². The molecule has 2 fully saturated rings. The third-order valence-electron chi connectivity index (χ3n) is 4.17. The maximum Gasteiger partial charge on any atom is 0.218 e. The number of anilines is 1. The Morgan fingerprint density at radius 2 is 2.27 bits per heavy atom. The zero-order chi connectivity index (χ0) is 10.4. The quantitative estimate of drug-likeness (QED) is 0.795. The Hall–Kier alpha value is -1.06. The maximum atomic E-state index is 5.68. The molecule has 3 rings (SSSR count). The third-order valence-corrected chi connectivity index (χ3v) is 4.17. The van der Waals surface area contributed by atoms with Gasteiger partial charge in [-0.25, -0.2) is 4.68 Å². The van der Waals surface area contributed by atoms with Crippen molar-refractivity contribution in [1.82, 2.24) is 14.8 Å². The molecular weight excluding hydrogens is 188 g/mol. The first-order valence-corrected chi connectivity index (χ1v) is 5.87. The van der Waals surface area contributed by atoms with Crippen molar-refractivity contribution in [3.63, 3.8) is 0 Å². The SMILES string of the molecule is Cn1nc(CC2CC3CCC2C3)nc1N. The van der Waals surface area contributed by atoms with Crippen LogP contribution in [0.5, 0.6) is 0 Å². The number of aromatic nitrogens is 3. The van der Waals surface area contributed by atoms with Gasteiger partial charge in [-0.3, -0.25) is 0 Å². The van der Waals surface area contributed by atoms with Gasteiger partial charge in [-0.05, 0) is 37.0 Å². The van der Waals surface area contributed by atoms with Crippen molar-refractivity contribution in [1.29, 1.82) is 0 Å². The highest BCUT2D eigenvalue weighted by Gasteiger charge is 2.39. The van der Waals surface area contributed by atoms with Gasteiger partial charge in [0, 0.05) is 13.5 Å². The Morgan fingerprint density at radius 3 is 2.80 bits per heavy atom. The summed E-state index contributed by atoms with van der Waals surface area (Å²) in [6.45, 7) is 0. The lowest BCUT2D eigenvalue weighted by atomic mass is 9.86. The van der Waals surface area contributed by atoms with Crippen molar-refractivity contribution in [2.75, 3.05) is 5.73 Å². The van der Waals surface area contributed by atoms with Crippen LogP contribution in [0.25, 0.3) is 0 Å². The van der Waals surface area contributed by atoms with E-state index in [1.54, 1.807) is 4.68 Å². The normalized spacial score (nSPS) is 33.8. The summed E-state index contributed by atoms with van der Waals surface area (Å²) in [4.78, 5) is 4.29. The van der Waals surface area contributed by atoms with E-state index in [-0.39, 0.29) is 0 Å². The van der Waals surface area contributed by atoms with Crippen LogP contribution in [0.3, 0.4) is 0 Å². The van der Waals surface area contributed by atoms with E-state index in [0.717, 1.165) is 30.0 Å². The molecule has 2 bridgehead atoms. The van der Waals surface area contributed by atoms with E-state index in [2.05, 4.69) is 10.1 Å². The van der Waals surface area contributed by atoms with Gasteiger partial charge in [0.15, 0.2) is 5.82 Å². The van der Waals surface area contributed by atoms with E-state index in [1.807, 2.05) is 7.05 Å². The summed E-state index contributed by atoms with van der Waals surface area (Å²) in [6.07, 6.45) is 6.76. The second-order valence-corrected chi connectivity index (χ2v) is 5.15. The highest BCUT2D eigenvalue weighted by molar-refractivity contribution is 5.15. The first-order valence-electron chi connectivity index (χ1n) is 5.87. The van der Waals surface area contributed by atoms with E-state index in [9.17, 15) is 0 Å². The molecule has 0 amide bonds. The van der Waals surface area contributed by atoms with Gasteiger partial charge in [0.2, 0.25) is 5.95 Å². The number of aryl methyl sites for hydroxylation is 1. The standard InChI is InChI=1S/C11H18N4/c1-15-11(12)13-10(14-15)6-9-5-7-2-3-8(9)4-7/h7-9H,2-6H2,1H3,(H2,12,13,14). The van der Waals surface area contributed by atoms with Crippen molar-refractivity contribution >= 4 is 5.95 Å². The summed E-state index contributed by atoms with van der Waals surface area (Å²) < 4.78 is 1.67. The highest BCUT2D eigenvalue weighted by atomic mass is 15.4. The van der Waals surface area contributed by atoms with Crippen molar-refractivity contribution in [2.45, 2.75) is 32.1 Å². The molecule has 0 spiro atoms. The minimum atomic E-state index is 0.535. The molecule has 4 heteroatoms. The average Bonchev–Trinajstić information content (AvgIpc) is 2.84. The minimum absolute atomic E-state index is 0.535. The van der Waals surface area contributed by atoms with Crippen molar-refractivity contribution in [3.05, 3.63) is 5.82 Å². The van der Waals surface area contributed by atoms with Crippen LogP contribution in [-0.4, -0.2) is 14.8 Å². The number of fused-ring (bicyclic) bond motifs is 2. The van der Waals surface area contributed by atoms with Crippen LogP contribution in [0, 0.1) is 17.8 Å². The number of hydrogen-bond donors (Lipinski definition) is 1. The van der Waals surface area contributed by atoms with Gasteiger partial charge in [0.25, 0.3) is 0 Å². The molecule has 1 heterocycles. The molecule has 82 valence electrons. The smallest absolute Gasteiger partial charge is 0.218 e. The second kappa shape index (κ2) is 3.22. The number of nitrogens with zero attached hydrogens (tertiary/aromatic N) is 3. The Bertz CT molecular complexity index is 351. The molecule has 3 atom stereocenters. The van der Waals surface area contributed by atoms with E-state index in [0.29, 0.717) is 5.95 Å². The van der Waals surface area contributed by atoms with Gasteiger partial charge >= 0.3 is 0 Å². The zero-order valence-electron chi connectivity index (χ0n) is 9.19. The summed E-state index contributed by atoms with van der Waals surface area (Å²) in [5, 5.41) is 4.34. The first-order chi connectivity index (χ1) is 7.22. The second-order valence-electron chi connectivity index (χ2n) is 5.15. The molecule has 4 nitrogen and oxygen atoms in total. The minimum Gasteiger partial charge on any atom is -0.368 e. The van der Waals surface area contributed by atoms with Crippen LogP contribution in [0.15, 0.2) is 0 Å². The van der Waals surface area contributed by atoms with Gasteiger partial charge < -0.3 is 5.73 Å². The van der Waals surface area contributed by atoms with Gasteiger partial charge in [-0.2, -0.15) is 10.1 Å². The van der Waals surface area contributed by atoms with Gasteiger partial charge in [-0.1, -0.05) is 6.42 Å². The largest absolute Gasteiger partial charge is 0.368 e. The van der Waals surface area contributed by atoms with Crippen molar-refractivity contribution in [2.24, 2.45) is 24.8 Å². The Morgan fingerprint density at radius 1 is 1.40 bits per heavy atom. The number of nitrogen functional groups attached to an aromatic ring is 1. The lowest BCUT2D eigenvalue weighted by molar-refractivity contribution is 0.326. The monoisotopic (exact) mass is 206 g/mol. The van der Waals surface area contributed by atoms with Crippen molar-refractivity contribution < 1.29 is 0 Å². The fourth-order valence-electron chi connectivity index (χ4n) is 3.40. The van der Waals surface area contributed by atoms with Crippen LogP contribution in [-0.2, 0) is 13.5 Å². The lowest BCUT2D eigenvalue weighted by Gasteiger charge is -2.19. The first kappa shape index (κ1) is 9.19. The molecule has 15 heavy (non-hydrogen) atoms. The van der Waals surface area contributed by atoms with E-state index in [4.69, 9.17) is 5.73 Å². The van der Waals surface area contributed by atoms with Gasteiger partial charge in [-0.15, -0.1) is 0 Å². The summed E-state index contributed by atoms with van der Waals surface area (Å²) >= 11 is 0. The number of hydrogen-bond acceptors (Lipinski definition) is 3. The molecule has 2 saturated carbocycles. The van der Waals surface area contributed by atoms with Crippen LogP contribution in [0.2, 0.25) is 0 Å². The number of nitrogens with two attached hydrogens (primary N) is 1. The third kappa shape index (κ3) is 1.52. The fraction of sp³-hybridized carbons (Fsp3) is 0.818. The molecule has 0 aromatic carbocycles. The predicted molar refractivity (Wildman–Crippen MR) is 58.1 cm³/mol. The molecule has 1 aromatic heterocycles. The van der Waals surface area contributed by atoms with E-state index >= 15 is 0 Å². The molecule has 0 saturated heterocycles. The molecule has 0 radical (unpaired) electrons. The van der Waals surface area contributed by atoms with Crippen molar-refractivity contribution in [3.8, 4) is 0 Å². The average molecular weight is 206 g/mol.